The second-order valence-electron chi connectivity index (χ2n) is 6.99. The fourth-order valence-electron chi connectivity index (χ4n) is 4.85. The lowest BCUT2D eigenvalue weighted by Gasteiger charge is -2.43. The molecule has 0 saturated heterocycles. The van der Waals surface area contributed by atoms with Crippen LogP contribution in [0.2, 0.25) is 5.02 Å². The zero-order valence-electron chi connectivity index (χ0n) is 13.9. The van der Waals surface area contributed by atoms with Crippen molar-refractivity contribution in [1.82, 2.24) is 9.78 Å². The second kappa shape index (κ2) is 4.76. The summed E-state index contributed by atoms with van der Waals surface area (Å²) in [6.07, 6.45) is 8.48. The van der Waals surface area contributed by atoms with E-state index < -0.39 is 0 Å². The Morgan fingerprint density at radius 1 is 1.25 bits per heavy atom. The van der Waals surface area contributed by atoms with E-state index in [0.717, 1.165) is 41.4 Å². The minimum atomic E-state index is -0.296. The molecule has 3 nitrogen and oxygen atoms in total. The highest BCUT2D eigenvalue weighted by molar-refractivity contribution is 6.33. The second-order valence-corrected chi connectivity index (χ2v) is 7.40. The van der Waals surface area contributed by atoms with Crippen molar-refractivity contribution in [2.24, 2.45) is 0 Å². The average molecular weight is 339 g/mol. The van der Waals surface area contributed by atoms with Crippen molar-refractivity contribution in [2.75, 3.05) is 7.11 Å². The van der Waals surface area contributed by atoms with Crippen LogP contribution in [0.25, 0.3) is 11.3 Å². The Bertz CT molecular complexity index is 937. The molecule has 2 heterocycles. The van der Waals surface area contributed by atoms with E-state index in [1.807, 2.05) is 16.9 Å². The monoisotopic (exact) mass is 338 g/mol. The maximum absolute atomic E-state index is 6.64. The van der Waals surface area contributed by atoms with E-state index in [9.17, 15) is 0 Å². The molecule has 5 rings (SSSR count). The molecule has 1 aromatic heterocycles. The van der Waals surface area contributed by atoms with E-state index in [2.05, 4.69) is 30.2 Å². The smallest absolute Gasteiger partial charge is 0.108 e. The maximum atomic E-state index is 6.64. The number of nitrogens with zero attached hydrogens (tertiary/aromatic N) is 2. The fraction of sp³-hybridized carbons (Fsp3) is 0.350. The molecule has 0 N–H and O–H groups in total. The van der Waals surface area contributed by atoms with Gasteiger partial charge >= 0.3 is 0 Å². The van der Waals surface area contributed by atoms with E-state index in [1.165, 1.54) is 28.7 Å². The van der Waals surface area contributed by atoms with Gasteiger partial charge in [0.05, 0.1) is 28.9 Å². The largest absolute Gasteiger partial charge is 0.500 e. The van der Waals surface area contributed by atoms with Gasteiger partial charge in [-0.15, -0.1) is 0 Å². The van der Waals surface area contributed by atoms with Crippen molar-refractivity contribution in [3.63, 3.8) is 0 Å². The SMILES string of the molecule is COC1=CCC2=C3c4c(ccc(Cl)c4-n4nccc4C13C)CCC2. The van der Waals surface area contributed by atoms with Gasteiger partial charge in [-0.2, -0.15) is 5.10 Å². The summed E-state index contributed by atoms with van der Waals surface area (Å²) < 4.78 is 7.86. The van der Waals surface area contributed by atoms with Crippen molar-refractivity contribution in [3.8, 4) is 5.69 Å². The van der Waals surface area contributed by atoms with Gasteiger partial charge in [-0.3, -0.25) is 0 Å². The highest BCUT2D eigenvalue weighted by Crippen LogP contribution is 2.56. The Kier molecular flexibility index (Phi) is 2.85. The number of methoxy groups -OCH3 is 1. The molecule has 2 aromatic rings. The van der Waals surface area contributed by atoms with Crippen LogP contribution in [0.3, 0.4) is 0 Å². The lowest BCUT2D eigenvalue weighted by Crippen LogP contribution is -2.37. The molecule has 0 spiro atoms. The van der Waals surface area contributed by atoms with Gasteiger partial charge < -0.3 is 4.74 Å². The summed E-state index contributed by atoms with van der Waals surface area (Å²) in [4.78, 5) is 0. The average Bonchev–Trinajstić information content (AvgIpc) is 2.99. The highest BCUT2D eigenvalue weighted by atomic mass is 35.5. The molecule has 4 heteroatoms. The summed E-state index contributed by atoms with van der Waals surface area (Å²) >= 11 is 6.64. The maximum Gasteiger partial charge on any atom is 0.108 e. The van der Waals surface area contributed by atoms with Gasteiger partial charge in [-0.05, 0) is 62.0 Å². The summed E-state index contributed by atoms with van der Waals surface area (Å²) in [5, 5.41) is 5.38. The van der Waals surface area contributed by atoms with Gasteiger partial charge in [0.15, 0.2) is 0 Å². The fourth-order valence-corrected chi connectivity index (χ4v) is 5.09. The van der Waals surface area contributed by atoms with Gasteiger partial charge in [0.1, 0.15) is 5.76 Å². The van der Waals surface area contributed by atoms with Gasteiger partial charge in [-0.25, -0.2) is 4.68 Å². The van der Waals surface area contributed by atoms with Crippen LogP contribution in [0.15, 0.2) is 41.8 Å². The third kappa shape index (κ3) is 1.56. The number of aryl methyl sites for hydroxylation is 1. The molecule has 24 heavy (non-hydrogen) atoms. The molecule has 2 aliphatic carbocycles. The molecule has 122 valence electrons. The van der Waals surface area contributed by atoms with Gasteiger partial charge in [0, 0.05) is 11.8 Å². The van der Waals surface area contributed by atoms with Gasteiger partial charge in [0.25, 0.3) is 0 Å². The van der Waals surface area contributed by atoms with Crippen LogP contribution >= 0.6 is 11.6 Å². The van der Waals surface area contributed by atoms with E-state index >= 15 is 0 Å². The molecule has 1 atom stereocenters. The van der Waals surface area contributed by atoms with Crippen molar-refractivity contribution in [1.29, 1.82) is 0 Å². The summed E-state index contributed by atoms with van der Waals surface area (Å²) in [5.74, 6) is 1.02. The Hall–Kier alpha value is -2.00. The zero-order chi connectivity index (χ0) is 16.5. The van der Waals surface area contributed by atoms with Crippen LogP contribution in [-0.4, -0.2) is 16.9 Å². The predicted octanol–water partition coefficient (Wildman–Crippen LogP) is 4.82. The standard InChI is InChI=1S/C20H19ClN2O/c1-20-15-10-11-22-23(15)19-14(21)8-6-12-4-3-5-13(18(20)17(12)19)7-9-16(20)24-2/h6,8-11H,3-5,7H2,1-2H3. The molecule has 0 fully saturated rings. The summed E-state index contributed by atoms with van der Waals surface area (Å²) in [7, 11) is 1.77. The number of allylic oxidation sites excluding steroid dienone is 3. The van der Waals surface area contributed by atoms with E-state index in [0.29, 0.717) is 0 Å². The van der Waals surface area contributed by atoms with Gasteiger partial charge in [-0.1, -0.05) is 23.2 Å². The van der Waals surface area contributed by atoms with Crippen LogP contribution in [0.5, 0.6) is 0 Å². The number of aromatic nitrogens is 2. The number of rotatable bonds is 1. The molecule has 1 aromatic carbocycles. The van der Waals surface area contributed by atoms with Crippen LogP contribution in [-0.2, 0) is 16.6 Å². The third-order valence-corrected chi connectivity index (χ3v) is 6.16. The number of hydrogen-bond donors (Lipinski definition) is 0. The topological polar surface area (TPSA) is 27.1 Å². The first kappa shape index (κ1) is 14.4. The number of halogens is 1. The number of fused-ring (bicyclic) bond motifs is 3. The number of hydrogen-bond acceptors (Lipinski definition) is 2. The Morgan fingerprint density at radius 3 is 2.96 bits per heavy atom. The molecule has 0 saturated carbocycles. The normalized spacial score (nSPS) is 24.0. The molecule has 1 unspecified atom stereocenters. The summed E-state index contributed by atoms with van der Waals surface area (Å²) in [6, 6.07) is 6.31. The summed E-state index contributed by atoms with van der Waals surface area (Å²) in [5.41, 5.74) is 7.47. The van der Waals surface area contributed by atoms with Crippen LogP contribution in [0, 0.1) is 0 Å². The molecule has 0 radical (unpaired) electrons. The molecule has 0 bridgehead atoms. The molecular weight excluding hydrogens is 320 g/mol. The van der Waals surface area contributed by atoms with Crippen LogP contribution in [0.4, 0.5) is 0 Å². The van der Waals surface area contributed by atoms with Crippen LogP contribution in [0.1, 0.15) is 43.0 Å². The first-order valence-electron chi connectivity index (χ1n) is 8.50. The minimum Gasteiger partial charge on any atom is -0.500 e. The van der Waals surface area contributed by atoms with Crippen LogP contribution < -0.4 is 0 Å². The van der Waals surface area contributed by atoms with Crippen molar-refractivity contribution in [2.45, 2.75) is 38.0 Å². The Morgan fingerprint density at radius 2 is 2.12 bits per heavy atom. The van der Waals surface area contributed by atoms with E-state index in [4.69, 9.17) is 16.3 Å². The third-order valence-electron chi connectivity index (χ3n) is 5.86. The molecule has 0 amide bonds. The highest BCUT2D eigenvalue weighted by Gasteiger charge is 2.48. The lowest BCUT2D eigenvalue weighted by atomic mass is 9.66. The zero-order valence-corrected chi connectivity index (χ0v) is 14.7. The van der Waals surface area contributed by atoms with Gasteiger partial charge in [0.2, 0.25) is 0 Å². The number of ether oxygens (including phenoxy) is 1. The number of benzene rings is 1. The van der Waals surface area contributed by atoms with E-state index in [1.54, 1.807) is 7.11 Å². The first-order valence-corrected chi connectivity index (χ1v) is 8.88. The lowest BCUT2D eigenvalue weighted by molar-refractivity contribution is 0.241. The predicted molar refractivity (Wildman–Crippen MR) is 95.5 cm³/mol. The molecule has 3 aliphatic rings. The van der Waals surface area contributed by atoms with Crippen molar-refractivity contribution in [3.05, 3.63) is 63.6 Å². The summed E-state index contributed by atoms with van der Waals surface area (Å²) in [6.45, 7) is 2.27. The Balaban J connectivity index is 1.97. The molecule has 1 aliphatic heterocycles. The van der Waals surface area contributed by atoms with Crippen molar-refractivity contribution < 1.29 is 4.74 Å². The first-order chi connectivity index (χ1) is 11.7. The Labute approximate surface area is 146 Å². The molecular formula is C20H19ClN2O. The minimum absolute atomic E-state index is 0.296. The quantitative estimate of drug-likeness (QED) is 0.745. The van der Waals surface area contributed by atoms with Crippen molar-refractivity contribution >= 4 is 17.2 Å². The van der Waals surface area contributed by atoms with E-state index in [-0.39, 0.29) is 5.41 Å².